The molecule has 0 N–H and O–H groups in total. The van der Waals surface area contributed by atoms with E-state index in [4.69, 9.17) is 0 Å². The smallest absolute Gasteiger partial charge is 0.410 e. The van der Waals surface area contributed by atoms with E-state index in [-0.39, 0.29) is 11.7 Å². The second-order valence-corrected chi connectivity index (χ2v) is 2.75. The van der Waals surface area contributed by atoms with Gasteiger partial charge in [-0.05, 0) is 12.0 Å². The van der Waals surface area contributed by atoms with Gasteiger partial charge in [0.15, 0.2) is 0 Å². The molecule has 0 aromatic heterocycles. The maximum absolute atomic E-state index is 11.7. The molecule has 68 valence electrons. The third kappa shape index (κ3) is 2.98. The molecule has 0 unspecified atom stereocenters. The minimum absolute atomic E-state index is 0.0162. The van der Waals surface area contributed by atoms with E-state index in [0.29, 0.717) is 6.42 Å². The number of alkyl halides is 3. The minimum atomic E-state index is -4.56. The van der Waals surface area contributed by atoms with Gasteiger partial charge in [0, 0.05) is 6.42 Å². The maximum atomic E-state index is 11.7. The monoisotopic (exact) mass is 178 g/mol. The van der Waals surface area contributed by atoms with Gasteiger partial charge in [0.05, 0.1) is 0 Å². The molecule has 0 aliphatic heterocycles. The highest BCUT2D eigenvalue weighted by atomic mass is 19.4. The fraction of sp³-hybridized carbons (Fsp3) is 0.500. The van der Waals surface area contributed by atoms with Crippen molar-refractivity contribution in [1.29, 1.82) is 0 Å². The molecule has 0 saturated heterocycles. The predicted octanol–water partition coefficient (Wildman–Crippen LogP) is 3.00. The molecule has 0 fully saturated rings. The van der Waals surface area contributed by atoms with Gasteiger partial charge in [-0.2, -0.15) is 0 Å². The average molecular weight is 178 g/mol. The number of rotatable bonds is 1. The van der Waals surface area contributed by atoms with Gasteiger partial charge in [0.25, 0.3) is 0 Å². The van der Waals surface area contributed by atoms with Gasteiger partial charge < -0.3 is 4.74 Å². The second-order valence-electron chi connectivity index (χ2n) is 2.75. The normalized spacial score (nSPS) is 23.7. The Morgan fingerprint density at radius 2 is 2.17 bits per heavy atom. The van der Waals surface area contributed by atoms with Crippen LogP contribution in [0.15, 0.2) is 24.0 Å². The Hall–Kier alpha value is -0.930. The Balaban J connectivity index is 2.54. The van der Waals surface area contributed by atoms with Crippen molar-refractivity contribution in [3.8, 4) is 0 Å². The Morgan fingerprint density at radius 3 is 2.67 bits per heavy atom. The molecule has 0 aromatic rings. The van der Waals surface area contributed by atoms with Crippen LogP contribution >= 0.6 is 0 Å². The van der Waals surface area contributed by atoms with E-state index in [9.17, 15) is 13.2 Å². The first-order valence-corrected chi connectivity index (χ1v) is 3.60. The predicted molar refractivity (Wildman–Crippen MR) is 38.1 cm³/mol. The zero-order chi connectivity index (χ0) is 9.19. The average Bonchev–Trinajstić information content (AvgIpc) is 1.82. The molecule has 12 heavy (non-hydrogen) atoms. The van der Waals surface area contributed by atoms with E-state index < -0.39 is 6.36 Å². The van der Waals surface area contributed by atoms with E-state index in [0.717, 1.165) is 0 Å². The van der Waals surface area contributed by atoms with Crippen LogP contribution in [0.5, 0.6) is 0 Å². The number of allylic oxidation sites excluding steroid dienone is 4. The molecule has 0 saturated carbocycles. The Labute approximate surface area is 68.5 Å². The molecule has 1 aliphatic rings. The zero-order valence-electron chi connectivity index (χ0n) is 6.56. The van der Waals surface area contributed by atoms with Crippen molar-refractivity contribution >= 4 is 0 Å². The van der Waals surface area contributed by atoms with Gasteiger partial charge in [-0.1, -0.05) is 19.1 Å². The SMILES string of the molecule is C[C@@H]1C=CC=C(OC(F)(F)F)C1. The summed E-state index contributed by atoms with van der Waals surface area (Å²) >= 11 is 0. The molecule has 0 spiro atoms. The zero-order valence-corrected chi connectivity index (χ0v) is 6.56. The van der Waals surface area contributed by atoms with Crippen molar-refractivity contribution in [2.75, 3.05) is 0 Å². The lowest BCUT2D eigenvalue weighted by Gasteiger charge is -2.16. The first kappa shape index (κ1) is 9.16. The molecule has 1 atom stereocenters. The molecule has 0 aromatic carbocycles. The molecule has 0 radical (unpaired) electrons. The van der Waals surface area contributed by atoms with Gasteiger partial charge >= 0.3 is 6.36 Å². The van der Waals surface area contributed by atoms with Crippen LogP contribution in [0.1, 0.15) is 13.3 Å². The molecule has 0 amide bonds. The highest BCUT2D eigenvalue weighted by molar-refractivity contribution is 5.15. The van der Waals surface area contributed by atoms with E-state index in [1.807, 2.05) is 13.0 Å². The van der Waals surface area contributed by atoms with Crippen LogP contribution in [0.2, 0.25) is 0 Å². The lowest BCUT2D eigenvalue weighted by atomic mass is 10.0. The van der Waals surface area contributed by atoms with Gasteiger partial charge in [0.2, 0.25) is 0 Å². The van der Waals surface area contributed by atoms with E-state index in [1.165, 1.54) is 6.08 Å². The van der Waals surface area contributed by atoms with E-state index >= 15 is 0 Å². The summed E-state index contributed by atoms with van der Waals surface area (Å²) in [5.74, 6) is 0.102. The van der Waals surface area contributed by atoms with Crippen molar-refractivity contribution < 1.29 is 17.9 Å². The van der Waals surface area contributed by atoms with Gasteiger partial charge in [0.1, 0.15) is 5.76 Å². The van der Waals surface area contributed by atoms with Crippen molar-refractivity contribution in [2.45, 2.75) is 19.7 Å². The fourth-order valence-electron chi connectivity index (χ4n) is 1.03. The Morgan fingerprint density at radius 1 is 1.50 bits per heavy atom. The lowest BCUT2D eigenvalue weighted by molar-refractivity contribution is -0.306. The molecule has 1 nitrogen and oxygen atoms in total. The molecule has 4 heteroatoms. The largest absolute Gasteiger partial charge is 0.572 e. The summed E-state index contributed by atoms with van der Waals surface area (Å²) in [6, 6.07) is 0. The van der Waals surface area contributed by atoms with Crippen LogP contribution in [-0.2, 0) is 4.74 Å². The fourth-order valence-corrected chi connectivity index (χ4v) is 1.03. The van der Waals surface area contributed by atoms with Crippen LogP contribution in [0.3, 0.4) is 0 Å². The maximum Gasteiger partial charge on any atom is 0.572 e. The van der Waals surface area contributed by atoms with E-state index in [1.54, 1.807) is 6.08 Å². The van der Waals surface area contributed by atoms with Crippen LogP contribution in [0, 0.1) is 5.92 Å². The van der Waals surface area contributed by atoms with Crippen LogP contribution in [0.4, 0.5) is 13.2 Å². The van der Waals surface area contributed by atoms with Crippen molar-refractivity contribution in [3.63, 3.8) is 0 Å². The molecule has 0 bridgehead atoms. The van der Waals surface area contributed by atoms with Crippen LogP contribution in [-0.4, -0.2) is 6.36 Å². The summed E-state index contributed by atoms with van der Waals surface area (Å²) in [4.78, 5) is 0. The summed E-state index contributed by atoms with van der Waals surface area (Å²) in [6.07, 6.45) is 0.513. The Kier molecular flexibility index (Phi) is 2.45. The van der Waals surface area contributed by atoms with Crippen molar-refractivity contribution in [1.82, 2.24) is 0 Å². The highest BCUT2D eigenvalue weighted by Crippen LogP contribution is 2.26. The highest BCUT2D eigenvalue weighted by Gasteiger charge is 2.32. The standard InChI is InChI=1S/C8H9F3O/c1-6-3-2-4-7(5-6)12-8(9,10)11/h2-4,6H,5H2,1H3/t6-/m1/s1. The summed E-state index contributed by atoms with van der Waals surface area (Å²) in [5, 5.41) is 0. The topological polar surface area (TPSA) is 9.23 Å². The molecule has 1 aliphatic carbocycles. The van der Waals surface area contributed by atoms with Gasteiger partial charge in [-0.15, -0.1) is 13.2 Å². The lowest BCUT2D eigenvalue weighted by Crippen LogP contribution is -2.14. The third-order valence-corrected chi connectivity index (χ3v) is 1.49. The number of halogens is 3. The Bertz CT molecular complexity index is 215. The van der Waals surface area contributed by atoms with Crippen molar-refractivity contribution in [3.05, 3.63) is 24.0 Å². The summed E-state index contributed by atoms with van der Waals surface area (Å²) in [6.45, 7) is 1.84. The molecule has 0 heterocycles. The van der Waals surface area contributed by atoms with E-state index in [2.05, 4.69) is 4.74 Å². The van der Waals surface area contributed by atoms with Crippen LogP contribution < -0.4 is 0 Å². The molecular weight excluding hydrogens is 169 g/mol. The third-order valence-electron chi connectivity index (χ3n) is 1.49. The molecule has 1 rings (SSSR count). The first-order valence-electron chi connectivity index (χ1n) is 3.60. The van der Waals surface area contributed by atoms with Gasteiger partial charge in [-0.25, -0.2) is 0 Å². The minimum Gasteiger partial charge on any atom is -0.410 e. The first-order chi connectivity index (χ1) is 5.47. The van der Waals surface area contributed by atoms with Crippen LogP contribution in [0.25, 0.3) is 0 Å². The number of ether oxygens (including phenoxy) is 1. The number of hydrogen-bond acceptors (Lipinski definition) is 1. The number of hydrogen-bond donors (Lipinski definition) is 0. The second kappa shape index (κ2) is 3.21. The van der Waals surface area contributed by atoms with Crippen molar-refractivity contribution in [2.24, 2.45) is 5.92 Å². The molecular formula is C8H9F3O. The summed E-state index contributed by atoms with van der Waals surface area (Å²) < 4.78 is 38.8. The quantitative estimate of drug-likeness (QED) is 0.599. The summed E-state index contributed by atoms with van der Waals surface area (Å²) in [7, 11) is 0. The van der Waals surface area contributed by atoms with Gasteiger partial charge in [-0.3, -0.25) is 0 Å². The summed E-state index contributed by atoms with van der Waals surface area (Å²) in [5.41, 5.74) is 0.